The summed E-state index contributed by atoms with van der Waals surface area (Å²) in [6, 6.07) is 13.2. The van der Waals surface area contributed by atoms with Gasteiger partial charge in [-0.15, -0.1) is 0 Å². The summed E-state index contributed by atoms with van der Waals surface area (Å²) in [6.45, 7) is -0.497. The lowest BCUT2D eigenvalue weighted by Gasteiger charge is -2.33. The molecule has 2 aromatic rings. The minimum absolute atomic E-state index is 0.0174. The summed E-state index contributed by atoms with van der Waals surface area (Å²) in [5.41, 5.74) is 1.24. The second-order valence-corrected chi connectivity index (χ2v) is 10.3. The van der Waals surface area contributed by atoms with Crippen LogP contribution in [-0.4, -0.2) is 94.0 Å². The van der Waals surface area contributed by atoms with Gasteiger partial charge >= 0.3 is 18.2 Å². The lowest BCUT2D eigenvalue weighted by molar-refractivity contribution is -0.186. The van der Waals surface area contributed by atoms with Gasteiger partial charge in [0.2, 0.25) is 5.91 Å². The lowest BCUT2D eigenvalue weighted by Crippen LogP contribution is -2.54. The maximum Gasteiger partial charge on any atom is 0.471 e. The topological polar surface area (TPSA) is 127 Å². The summed E-state index contributed by atoms with van der Waals surface area (Å²) in [5, 5.41) is 11.5. The van der Waals surface area contributed by atoms with Gasteiger partial charge in [0.25, 0.3) is 11.8 Å². The molecule has 0 unspecified atom stereocenters. The summed E-state index contributed by atoms with van der Waals surface area (Å²) in [7, 11) is 0. The molecule has 224 valence electrons. The Balaban J connectivity index is 1.40. The van der Waals surface area contributed by atoms with Crippen molar-refractivity contribution >= 4 is 29.7 Å². The number of benzene rings is 2. The summed E-state index contributed by atoms with van der Waals surface area (Å²) in [5.74, 6) is -3.57. The van der Waals surface area contributed by atoms with Crippen LogP contribution in [0.25, 0.3) is 0 Å². The number of carbonyl (C=O) groups is 5. The fraction of sp³-hybridized carbons (Fsp3) is 0.414. The van der Waals surface area contributed by atoms with Crippen molar-refractivity contribution in [3.63, 3.8) is 0 Å². The van der Waals surface area contributed by atoms with Gasteiger partial charge in [-0.1, -0.05) is 42.5 Å². The number of unbranched alkanes of at least 4 members (excludes halogenated alkanes) is 1. The first-order chi connectivity index (χ1) is 20.0. The highest BCUT2D eigenvalue weighted by molar-refractivity contribution is 6.21. The maximum absolute atomic E-state index is 13.5. The minimum atomic E-state index is -5.14. The number of alkyl halides is 3. The molecule has 42 heavy (non-hydrogen) atoms. The third-order valence-corrected chi connectivity index (χ3v) is 7.44. The Bertz CT molecular complexity index is 1300. The fourth-order valence-electron chi connectivity index (χ4n) is 5.44. The average Bonchev–Trinajstić information content (AvgIpc) is 3.51. The predicted octanol–water partition coefficient (Wildman–Crippen LogP) is 3.32. The van der Waals surface area contributed by atoms with Gasteiger partial charge < -0.3 is 20.2 Å². The molecule has 2 atom stereocenters. The van der Waals surface area contributed by atoms with Crippen LogP contribution >= 0.6 is 0 Å². The first-order valence-corrected chi connectivity index (χ1v) is 13.6. The summed E-state index contributed by atoms with van der Waals surface area (Å²) in [6.07, 6.45) is -5.43. The van der Waals surface area contributed by atoms with Gasteiger partial charge in [-0.3, -0.25) is 24.1 Å². The number of carbonyl (C=O) groups excluding carboxylic acids is 4. The Hall–Kier alpha value is -4.42. The molecular weight excluding hydrogens is 557 g/mol. The number of hydrogen-bond acceptors (Lipinski definition) is 5. The number of hydrogen-bond donors (Lipinski definition) is 2. The second-order valence-electron chi connectivity index (χ2n) is 10.3. The van der Waals surface area contributed by atoms with Gasteiger partial charge in [-0.05, 0) is 43.4 Å². The zero-order chi connectivity index (χ0) is 30.4. The van der Waals surface area contributed by atoms with E-state index in [-0.39, 0.29) is 56.6 Å². The van der Waals surface area contributed by atoms with Crippen LogP contribution in [0.2, 0.25) is 0 Å². The van der Waals surface area contributed by atoms with E-state index in [0.717, 1.165) is 4.90 Å². The average molecular weight is 589 g/mol. The molecule has 2 aliphatic heterocycles. The third kappa shape index (κ3) is 7.07. The smallest absolute Gasteiger partial charge is 0.465 e. The normalized spacial score (nSPS) is 17.3. The molecular formula is C29H31F3N4O6. The van der Waals surface area contributed by atoms with Crippen molar-refractivity contribution in [3.05, 3.63) is 71.3 Å². The van der Waals surface area contributed by atoms with Gasteiger partial charge in [0.15, 0.2) is 0 Å². The van der Waals surface area contributed by atoms with Crippen molar-refractivity contribution in [1.29, 1.82) is 0 Å². The van der Waals surface area contributed by atoms with Crippen LogP contribution in [-0.2, 0) is 16.0 Å². The Morgan fingerprint density at radius 3 is 2.19 bits per heavy atom. The van der Waals surface area contributed by atoms with Crippen LogP contribution < -0.4 is 5.32 Å². The van der Waals surface area contributed by atoms with E-state index in [9.17, 15) is 42.3 Å². The number of nitrogens with one attached hydrogen (secondary N) is 1. The van der Waals surface area contributed by atoms with E-state index in [1.807, 2.05) is 0 Å². The molecule has 0 radical (unpaired) electrons. The quantitative estimate of drug-likeness (QED) is 0.306. The number of halogens is 3. The number of likely N-dealkylation sites (tertiary alicyclic amines) is 1. The zero-order valence-electron chi connectivity index (χ0n) is 22.7. The molecule has 13 heteroatoms. The molecule has 1 fully saturated rings. The SMILES string of the molecule is O=C(O)N[C@@H](Cc1ccccc1)C(=O)N1CCC[C@@H]1CN(CCCCN1C(=O)c2ccccc2C1=O)C(=O)C(F)(F)F. The van der Waals surface area contributed by atoms with Gasteiger partial charge in [-0.2, -0.15) is 13.2 Å². The molecule has 10 nitrogen and oxygen atoms in total. The number of imide groups is 1. The maximum atomic E-state index is 13.5. The Kier molecular flexibility index (Phi) is 9.48. The highest BCUT2D eigenvalue weighted by atomic mass is 19.4. The largest absolute Gasteiger partial charge is 0.471 e. The Labute approximate surface area is 240 Å². The molecule has 1 saturated heterocycles. The van der Waals surface area contributed by atoms with E-state index in [1.165, 1.54) is 17.0 Å². The van der Waals surface area contributed by atoms with E-state index in [1.54, 1.807) is 42.5 Å². The van der Waals surface area contributed by atoms with Crippen molar-refractivity contribution in [2.75, 3.05) is 26.2 Å². The number of rotatable bonds is 11. The van der Waals surface area contributed by atoms with Crippen molar-refractivity contribution in [2.45, 2.75) is 50.4 Å². The molecule has 0 bridgehead atoms. The predicted molar refractivity (Wildman–Crippen MR) is 144 cm³/mol. The monoisotopic (exact) mass is 588 g/mol. The van der Waals surface area contributed by atoms with Crippen molar-refractivity contribution in [3.8, 4) is 0 Å². The first-order valence-electron chi connectivity index (χ1n) is 13.6. The van der Waals surface area contributed by atoms with E-state index in [2.05, 4.69) is 5.32 Å². The molecule has 0 aliphatic carbocycles. The van der Waals surface area contributed by atoms with Gasteiger partial charge in [0, 0.05) is 38.6 Å². The lowest BCUT2D eigenvalue weighted by atomic mass is 10.0. The zero-order valence-corrected chi connectivity index (χ0v) is 22.7. The Morgan fingerprint density at radius 2 is 1.60 bits per heavy atom. The molecule has 2 aliphatic rings. The summed E-state index contributed by atoms with van der Waals surface area (Å²) < 4.78 is 40.5. The molecule has 0 aromatic heterocycles. The highest BCUT2D eigenvalue weighted by Crippen LogP contribution is 2.25. The molecule has 2 N–H and O–H groups in total. The molecule has 0 saturated carbocycles. The fourth-order valence-corrected chi connectivity index (χ4v) is 5.44. The van der Waals surface area contributed by atoms with E-state index in [4.69, 9.17) is 0 Å². The second kappa shape index (κ2) is 13.0. The summed E-state index contributed by atoms with van der Waals surface area (Å²) in [4.78, 5) is 65.3. The van der Waals surface area contributed by atoms with E-state index in [0.29, 0.717) is 23.3 Å². The molecule has 2 heterocycles. The highest BCUT2D eigenvalue weighted by Gasteiger charge is 2.44. The van der Waals surface area contributed by atoms with Gasteiger partial charge in [0.05, 0.1) is 11.1 Å². The van der Waals surface area contributed by atoms with Crippen molar-refractivity contribution in [2.24, 2.45) is 0 Å². The standard InChI is InChI=1S/C29H31F3N4O6/c30-29(31,32)27(40)34(14-6-7-15-36-24(37)21-12-4-5-13-22(21)25(36)38)18-20-11-8-16-35(20)26(39)23(33-28(41)42)17-19-9-2-1-3-10-19/h1-5,9-10,12-13,20,23,33H,6-8,11,14-18H2,(H,41,42)/t20-,23+/m1/s1. The van der Waals surface area contributed by atoms with Crippen LogP contribution in [0.1, 0.15) is 52.0 Å². The van der Waals surface area contributed by atoms with Crippen molar-refractivity contribution < 1.29 is 42.3 Å². The Morgan fingerprint density at radius 1 is 0.976 bits per heavy atom. The van der Waals surface area contributed by atoms with Crippen molar-refractivity contribution in [1.82, 2.24) is 20.0 Å². The molecule has 5 amide bonds. The number of fused-ring (bicyclic) bond motifs is 1. The van der Waals surface area contributed by atoms with Crippen LogP contribution in [0.5, 0.6) is 0 Å². The number of carboxylic acid groups (broad SMARTS) is 1. The molecule has 4 rings (SSSR count). The number of nitrogens with zero attached hydrogens (tertiary/aromatic N) is 3. The third-order valence-electron chi connectivity index (χ3n) is 7.44. The van der Waals surface area contributed by atoms with Crippen LogP contribution in [0.15, 0.2) is 54.6 Å². The van der Waals surface area contributed by atoms with E-state index >= 15 is 0 Å². The van der Waals surface area contributed by atoms with Crippen LogP contribution in [0.4, 0.5) is 18.0 Å². The van der Waals surface area contributed by atoms with Crippen LogP contribution in [0.3, 0.4) is 0 Å². The molecule has 0 spiro atoms. The van der Waals surface area contributed by atoms with Gasteiger partial charge in [-0.25, -0.2) is 4.79 Å². The minimum Gasteiger partial charge on any atom is -0.465 e. The van der Waals surface area contributed by atoms with E-state index < -0.39 is 48.0 Å². The molecule has 2 aromatic carbocycles. The number of amides is 5. The summed E-state index contributed by atoms with van der Waals surface area (Å²) >= 11 is 0. The first kappa shape index (κ1) is 30.5. The van der Waals surface area contributed by atoms with Gasteiger partial charge in [0.1, 0.15) is 6.04 Å². The van der Waals surface area contributed by atoms with Crippen LogP contribution in [0, 0.1) is 0 Å².